The van der Waals surface area contributed by atoms with E-state index in [1.54, 1.807) is 6.07 Å². The lowest BCUT2D eigenvalue weighted by atomic mass is 10.1. The SMILES string of the molecule is OCCC#Cc1ccc(-c2nc3nc(O[C@@H]4CO[C@H]5[C@@H]4OC[C@H]5O)[nH]c3cc2Cl)cc1. The summed E-state index contributed by atoms with van der Waals surface area (Å²) in [4.78, 5) is 12.1. The van der Waals surface area contributed by atoms with Gasteiger partial charge in [0.05, 0.1) is 36.1 Å². The van der Waals surface area contributed by atoms with Gasteiger partial charge in [0, 0.05) is 17.5 Å². The molecule has 31 heavy (non-hydrogen) atoms. The van der Waals surface area contributed by atoms with Crippen molar-refractivity contribution in [3.8, 4) is 29.1 Å². The second-order valence-electron chi connectivity index (χ2n) is 7.40. The Morgan fingerprint density at radius 2 is 1.97 bits per heavy atom. The summed E-state index contributed by atoms with van der Waals surface area (Å²) in [5.74, 6) is 5.88. The molecule has 2 saturated heterocycles. The molecule has 3 N–H and O–H groups in total. The van der Waals surface area contributed by atoms with Crippen molar-refractivity contribution < 1.29 is 24.4 Å². The van der Waals surface area contributed by atoms with Gasteiger partial charge >= 0.3 is 0 Å². The Morgan fingerprint density at radius 3 is 2.77 bits per heavy atom. The van der Waals surface area contributed by atoms with E-state index in [4.69, 9.17) is 30.9 Å². The lowest BCUT2D eigenvalue weighted by molar-refractivity contribution is 0.00706. The van der Waals surface area contributed by atoms with Crippen molar-refractivity contribution in [1.82, 2.24) is 15.0 Å². The first-order valence-corrected chi connectivity index (χ1v) is 10.3. The van der Waals surface area contributed by atoms with E-state index in [2.05, 4.69) is 26.8 Å². The first kappa shape index (κ1) is 20.2. The Morgan fingerprint density at radius 1 is 1.16 bits per heavy atom. The van der Waals surface area contributed by atoms with E-state index < -0.39 is 6.10 Å². The monoisotopic (exact) mass is 441 g/mol. The molecule has 4 atom stereocenters. The van der Waals surface area contributed by atoms with Gasteiger partial charge in [-0.05, 0) is 18.2 Å². The van der Waals surface area contributed by atoms with Crippen molar-refractivity contribution in [2.24, 2.45) is 0 Å². The molecule has 2 aliphatic heterocycles. The molecule has 0 saturated carbocycles. The van der Waals surface area contributed by atoms with Crippen LogP contribution in [0.3, 0.4) is 0 Å². The highest BCUT2D eigenvalue weighted by atomic mass is 35.5. The van der Waals surface area contributed by atoms with Crippen LogP contribution >= 0.6 is 11.6 Å². The first-order valence-electron chi connectivity index (χ1n) is 9.97. The topological polar surface area (TPSA) is 110 Å². The smallest absolute Gasteiger partial charge is 0.296 e. The molecule has 5 rings (SSSR count). The number of halogens is 1. The van der Waals surface area contributed by atoms with E-state index in [9.17, 15) is 5.11 Å². The van der Waals surface area contributed by atoms with Crippen molar-refractivity contribution in [3.05, 3.63) is 40.9 Å². The third kappa shape index (κ3) is 3.99. The second kappa shape index (κ2) is 8.46. The van der Waals surface area contributed by atoms with Crippen LogP contribution in [0.25, 0.3) is 22.4 Å². The maximum absolute atomic E-state index is 9.87. The van der Waals surface area contributed by atoms with Crippen LogP contribution in [0.15, 0.2) is 30.3 Å². The van der Waals surface area contributed by atoms with Crippen molar-refractivity contribution in [2.45, 2.75) is 30.8 Å². The molecule has 0 spiro atoms. The molecule has 160 valence electrons. The molecule has 0 amide bonds. The van der Waals surface area contributed by atoms with E-state index in [0.29, 0.717) is 40.9 Å². The van der Waals surface area contributed by atoms with Gasteiger partial charge in [0.1, 0.15) is 18.3 Å². The average Bonchev–Trinajstić information content (AvgIpc) is 3.45. The summed E-state index contributed by atoms with van der Waals surface area (Å²) in [6.07, 6.45) is -1.25. The third-order valence-electron chi connectivity index (χ3n) is 5.28. The Hall–Kier alpha value is -2.67. The quantitative estimate of drug-likeness (QED) is 0.530. The fourth-order valence-corrected chi connectivity index (χ4v) is 4.03. The molecule has 2 fully saturated rings. The molecule has 2 aliphatic rings. The number of pyridine rings is 1. The van der Waals surface area contributed by atoms with Crippen molar-refractivity contribution >= 4 is 22.8 Å². The van der Waals surface area contributed by atoms with Gasteiger partial charge in [0.2, 0.25) is 0 Å². The molecule has 0 unspecified atom stereocenters. The van der Waals surface area contributed by atoms with Crippen LogP contribution in [0.2, 0.25) is 5.02 Å². The molecule has 8 nitrogen and oxygen atoms in total. The standard InChI is InChI=1S/C22H20ClN3O5/c23-14-9-15-21(25-18(14)13-6-4-12(5-7-13)3-1-2-8-27)26-22(24-15)31-17-11-30-19-16(28)10-29-20(17)19/h4-7,9,16-17,19-20,27-28H,2,8,10-11H2,(H,24,25,26)/t16-,17-,19-,20-/m1/s1. The Labute approximate surface area is 183 Å². The Bertz CT molecular complexity index is 1150. The number of aliphatic hydroxyl groups excluding tert-OH is 2. The number of nitrogens with zero attached hydrogens (tertiary/aromatic N) is 2. The van der Waals surface area contributed by atoms with Gasteiger partial charge in [-0.3, -0.25) is 0 Å². The van der Waals surface area contributed by atoms with E-state index >= 15 is 0 Å². The number of fused-ring (bicyclic) bond motifs is 2. The highest BCUT2D eigenvalue weighted by molar-refractivity contribution is 6.33. The van der Waals surface area contributed by atoms with Crippen LogP contribution in [0.4, 0.5) is 0 Å². The normalized spacial score (nSPS) is 24.7. The van der Waals surface area contributed by atoms with Crippen LogP contribution in [0.1, 0.15) is 12.0 Å². The average molecular weight is 442 g/mol. The molecular weight excluding hydrogens is 422 g/mol. The molecule has 0 aliphatic carbocycles. The maximum atomic E-state index is 9.87. The number of aromatic nitrogens is 3. The minimum atomic E-state index is -0.635. The largest absolute Gasteiger partial charge is 0.456 e. The highest BCUT2D eigenvalue weighted by Gasteiger charge is 2.48. The number of ether oxygens (including phenoxy) is 3. The zero-order valence-corrected chi connectivity index (χ0v) is 17.2. The zero-order valence-electron chi connectivity index (χ0n) is 16.4. The zero-order chi connectivity index (χ0) is 21.4. The van der Waals surface area contributed by atoms with Crippen LogP contribution in [-0.2, 0) is 9.47 Å². The second-order valence-corrected chi connectivity index (χ2v) is 7.81. The summed E-state index contributed by atoms with van der Waals surface area (Å²) in [7, 11) is 0. The van der Waals surface area contributed by atoms with Gasteiger partial charge < -0.3 is 29.4 Å². The molecule has 3 aromatic rings. The highest BCUT2D eigenvalue weighted by Crippen LogP contribution is 2.32. The summed E-state index contributed by atoms with van der Waals surface area (Å²) in [6.45, 7) is 0.599. The van der Waals surface area contributed by atoms with Crippen LogP contribution in [-0.4, -0.2) is 69.4 Å². The van der Waals surface area contributed by atoms with E-state index in [1.165, 1.54) is 0 Å². The molecule has 2 aromatic heterocycles. The lowest BCUT2D eigenvalue weighted by Crippen LogP contribution is -2.34. The van der Waals surface area contributed by atoms with E-state index in [1.807, 2.05) is 24.3 Å². The van der Waals surface area contributed by atoms with Gasteiger partial charge in [-0.25, -0.2) is 4.98 Å². The number of aromatic amines is 1. The minimum absolute atomic E-state index is 0.0456. The number of H-pyrrole nitrogens is 1. The van der Waals surface area contributed by atoms with Gasteiger partial charge in [-0.15, -0.1) is 0 Å². The number of hydrogen-bond donors (Lipinski definition) is 3. The summed E-state index contributed by atoms with van der Waals surface area (Å²) in [6, 6.07) is 9.61. The van der Waals surface area contributed by atoms with Crippen LogP contribution in [0, 0.1) is 11.8 Å². The predicted octanol–water partition coefficient (Wildman–Crippen LogP) is 1.92. The number of hydrogen-bond acceptors (Lipinski definition) is 7. The minimum Gasteiger partial charge on any atom is -0.456 e. The Kier molecular flexibility index (Phi) is 5.52. The lowest BCUT2D eigenvalue weighted by Gasteiger charge is -2.15. The number of benzene rings is 1. The number of aliphatic hydroxyl groups is 2. The van der Waals surface area contributed by atoms with E-state index in [0.717, 1.165) is 11.1 Å². The molecular formula is C22H20ClN3O5. The summed E-state index contributed by atoms with van der Waals surface area (Å²) < 4.78 is 17.1. The molecule has 9 heteroatoms. The Balaban J connectivity index is 1.37. The van der Waals surface area contributed by atoms with Crippen LogP contribution in [0.5, 0.6) is 6.01 Å². The molecule has 0 bridgehead atoms. The first-order chi connectivity index (χ1) is 15.1. The van der Waals surface area contributed by atoms with E-state index in [-0.39, 0.29) is 31.5 Å². The van der Waals surface area contributed by atoms with Crippen molar-refractivity contribution in [2.75, 3.05) is 19.8 Å². The summed E-state index contributed by atoms with van der Waals surface area (Å²) in [5.41, 5.74) is 3.42. The van der Waals surface area contributed by atoms with Gasteiger partial charge in [-0.2, -0.15) is 4.98 Å². The maximum Gasteiger partial charge on any atom is 0.296 e. The van der Waals surface area contributed by atoms with Gasteiger partial charge in [0.25, 0.3) is 6.01 Å². The third-order valence-corrected chi connectivity index (χ3v) is 5.57. The summed E-state index contributed by atoms with van der Waals surface area (Å²) >= 11 is 6.47. The molecule has 1 aromatic carbocycles. The predicted molar refractivity (Wildman–Crippen MR) is 113 cm³/mol. The van der Waals surface area contributed by atoms with Crippen molar-refractivity contribution in [3.63, 3.8) is 0 Å². The number of nitrogens with one attached hydrogen (secondary N) is 1. The molecule has 0 radical (unpaired) electrons. The fourth-order valence-electron chi connectivity index (χ4n) is 3.77. The van der Waals surface area contributed by atoms with Gasteiger partial charge in [0.15, 0.2) is 11.8 Å². The summed E-state index contributed by atoms with van der Waals surface area (Å²) in [5, 5.41) is 19.2. The van der Waals surface area contributed by atoms with Crippen LogP contribution < -0.4 is 4.74 Å². The number of imidazole rings is 1. The van der Waals surface area contributed by atoms with Gasteiger partial charge in [-0.1, -0.05) is 35.6 Å². The number of rotatable bonds is 4. The fraction of sp³-hybridized carbons (Fsp3) is 0.364. The van der Waals surface area contributed by atoms with Crippen molar-refractivity contribution in [1.29, 1.82) is 0 Å². The molecule has 4 heterocycles.